The minimum atomic E-state index is -3.41. The van der Waals surface area contributed by atoms with Crippen LogP contribution in [0.15, 0.2) is 22.7 Å². The molecule has 0 radical (unpaired) electrons. The number of benzene rings is 1. The lowest BCUT2D eigenvalue weighted by Crippen LogP contribution is -2.16. The predicted molar refractivity (Wildman–Crippen MR) is 68.8 cm³/mol. The summed E-state index contributed by atoms with van der Waals surface area (Å²) in [4.78, 5) is 10.8. The fourth-order valence-electron chi connectivity index (χ4n) is 1.27. The topological polar surface area (TPSA) is 83.5 Å². The number of sulfonamides is 1. The maximum absolute atomic E-state index is 11.5. The van der Waals surface area contributed by atoms with Gasteiger partial charge >= 0.3 is 5.97 Å². The molecule has 0 bridgehead atoms. The van der Waals surface area contributed by atoms with Gasteiger partial charge < -0.3 is 5.11 Å². The van der Waals surface area contributed by atoms with Crippen molar-refractivity contribution >= 4 is 37.6 Å². The second-order valence-corrected chi connectivity index (χ2v) is 6.21. The normalized spacial score (nSPS) is 11.2. The quantitative estimate of drug-likeness (QED) is 0.871. The van der Waals surface area contributed by atoms with Gasteiger partial charge in [0.15, 0.2) is 0 Å². The Bertz CT molecular complexity index is 527. The fourth-order valence-corrected chi connectivity index (χ4v) is 2.88. The molecule has 0 aliphatic heterocycles. The molecule has 94 valence electrons. The average Bonchev–Trinajstić information content (AvgIpc) is 2.15. The molecule has 5 nitrogen and oxygen atoms in total. The molecule has 0 spiro atoms. The Morgan fingerprint density at radius 1 is 1.41 bits per heavy atom. The van der Waals surface area contributed by atoms with E-state index in [4.69, 9.17) is 5.11 Å². The molecule has 0 heterocycles. The number of nitrogens with one attached hydrogen (secondary N) is 1. The molecule has 0 saturated heterocycles. The molecule has 0 fully saturated rings. The maximum atomic E-state index is 11.5. The highest BCUT2D eigenvalue weighted by molar-refractivity contribution is 9.10. The van der Waals surface area contributed by atoms with Crippen LogP contribution in [0.1, 0.15) is 23.7 Å². The second-order valence-electron chi connectivity index (χ2n) is 3.45. The second kappa shape index (κ2) is 5.50. The molecule has 0 amide bonds. The Hall–Kier alpha value is -1.08. The van der Waals surface area contributed by atoms with Gasteiger partial charge in [0.05, 0.1) is 17.0 Å². The van der Waals surface area contributed by atoms with E-state index in [9.17, 15) is 13.2 Å². The predicted octanol–water partition coefficient (Wildman–Crippen LogP) is 2.30. The summed E-state index contributed by atoms with van der Waals surface area (Å²) >= 11 is 3.13. The number of carboxylic acid groups (broad SMARTS) is 1. The van der Waals surface area contributed by atoms with Crippen LogP contribution in [0.4, 0.5) is 5.69 Å². The zero-order chi connectivity index (χ0) is 13.1. The van der Waals surface area contributed by atoms with Crippen LogP contribution in [0.2, 0.25) is 0 Å². The first kappa shape index (κ1) is 14.0. The van der Waals surface area contributed by atoms with Crippen LogP contribution in [-0.2, 0) is 10.0 Å². The van der Waals surface area contributed by atoms with Gasteiger partial charge in [0.25, 0.3) is 0 Å². The molecule has 17 heavy (non-hydrogen) atoms. The molecule has 7 heteroatoms. The van der Waals surface area contributed by atoms with Crippen molar-refractivity contribution in [2.75, 3.05) is 10.5 Å². The number of carboxylic acids is 1. The number of rotatable bonds is 5. The van der Waals surface area contributed by atoms with E-state index in [-0.39, 0.29) is 17.0 Å². The van der Waals surface area contributed by atoms with Crippen molar-refractivity contribution in [2.24, 2.45) is 0 Å². The number of hydrogen-bond donors (Lipinski definition) is 2. The summed E-state index contributed by atoms with van der Waals surface area (Å²) in [6.45, 7) is 1.75. The Labute approximate surface area is 108 Å². The lowest BCUT2D eigenvalue weighted by atomic mass is 10.2. The van der Waals surface area contributed by atoms with Gasteiger partial charge in [-0.3, -0.25) is 4.72 Å². The molecule has 0 unspecified atom stereocenters. The summed E-state index contributed by atoms with van der Waals surface area (Å²) in [7, 11) is -3.41. The molecule has 0 atom stereocenters. The van der Waals surface area contributed by atoms with Crippen LogP contribution < -0.4 is 4.72 Å². The molecule has 1 aromatic rings. The highest BCUT2D eigenvalue weighted by atomic mass is 79.9. The van der Waals surface area contributed by atoms with Crippen molar-refractivity contribution < 1.29 is 18.3 Å². The Morgan fingerprint density at radius 2 is 2.06 bits per heavy atom. The summed E-state index contributed by atoms with van der Waals surface area (Å²) in [5.74, 6) is -1.11. The van der Waals surface area contributed by atoms with Crippen molar-refractivity contribution in [1.82, 2.24) is 0 Å². The summed E-state index contributed by atoms with van der Waals surface area (Å²) in [5, 5.41) is 8.84. The van der Waals surface area contributed by atoms with Gasteiger partial charge in [-0.1, -0.05) is 22.9 Å². The van der Waals surface area contributed by atoms with Gasteiger partial charge in [-0.05, 0) is 24.6 Å². The van der Waals surface area contributed by atoms with Gasteiger partial charge in [0.1, 0.15) is 0 Å². The van der Waals surface area contributed by atoms with E-state index in [0.717, 1.165) is 0 Å². The van der Waals surface area contributed by atoms with E-state index in [1.54, 1.807) is 6.92 Å². The first-order valence-corrected chi connectivity index (χ1v) is 7.33. The third-order valence-corrected chi connectivity index (χ3v) is 3.84. The lowest BCUT2D eigenvalue weighted by molar-refractivity contribution is 0.0697. The standard InChI is InChI=1S/C10H12BrNO4S/c1-2-3-17(15,16)12-9-5-7(10(13)14)4-8(11)6-9/h4-6,12H,2-3H2,1H3,(H,13,14). The van der Waals surface area contributed by atoms with Crippen LogP contribution >= 0.6 is 15.9 Å². The van der Waals surface area contributed by atoms with E-state index in [0.29, 0.717) is 10.9 Å². The van der Waals surface area contributed by atoms with Crippen molar-refractivity contribution in [1.29, 1.82) is 0 Å². The molecule has 0 aliphatic rings. The van der Waals surface area contributed by atoms with Crippen LogP contribution in [-0.4, -0.2) is 25.2 Å². The van der Waals surface area contributed by atoms with E-state index in [1.165, 1.54) is 18.2 Å². The van der Waals surface area contributed by atoms with E-state index < -0.39 is 16.0 Å². The van der Waals surface area contributed by atoms with Crippen LogP contribution in [0.5, 0.6) is 0 Å². The molecule has 1 rings (SSSR count). The summed E-state index contributed by atoms with van der Waals surface area (Å²) in [6.07, 6.45) is 0.495. The SMILES string of the molecule is CCCS(=O)(=O)Nc1cc(Br)cc(C(=O)O)c1. The smallest absolute Gasteiger partial charge is 0.335 e. The van der Waals surface area contributed by atoms with E-state index >= 15 is 0 Å². The molecule has 2 N–H and O–H groups in total. The Balaban J connectivity index is 3.03. The highest BCUT2D eigenvalue weighted by Crippen LogP contribution is 2.20. The molecule has 0 saturated carbocycles. The van der Waals surface area contributed by atoms with Gasteiger partial charge in [0, 0.05) is 4.47 Å². The Kier molecular flexibility index (Phi) is 4.53. The van der Waals surface area contributed by atoms with Gasteiger partial charge in [-0.2, -0.15) is 0 Å². The largest absolute Gasteiger partial charge is 0.478 e. The zero-order valence-electron chi connectivity index (χ0n) is 9.10. The average molecular weight is 322 g/mol. The van der Waals surface area contributed by atoms with Crippen molar-refractivity contribution in [2.45, 2.75) is 13.3 Å². The maximum Gasteiger partial charge on any atom is 0.335 e. The lowest BCUT2D eigenvalue weighted by Gasteiger charge is -2.08. The molecule has 0 aromatic heterocycles. The summed E-state index contributed by atoms with van der Waals surface area (Å²) in [5.41, 5.74) is 0.263. The summed E-state index contributed by atoms with van der Waals surface area (Å²) < 4.78 is 25.9. The van der Waals surface area contributed by atoms with E-state index in [2.05, 4.69) is 20.7 Å². The molecular formula is C10H12BrNO4S. The van der Waals surface area contributed by atoms with Crippen molar-refractivity contribution in [3.8, 4) is 0 Å². The third-order valence-electron chi connectivity index (χ3n) is 1.89. The fraction of sp³-hybridized carbons (Fsp3) is 0.300. The van der Waals surface area contributed by atoms with Crippen LogP contribution in [0, 0.1) is 0 Å². The highest BCUT2D eigenvalue weighted by Gasteiger charge is 2.11. The minimum absolute atomic E-state index is 0.00190. The zero-order valence-corrected chi connectivity index (χ0v) is 11.5. The molecule has 1 aromatic carbocycles. The molecular weight excluding hydrogens is 310 g/mol. The number of halogens is 1. The van der Waals surface area contributed by atoms with Crippen molar-refractivity contribution in [3.05, 3.63) is 28.2 Å². The van der Waals surface area contributed by atoms with Crippen LogP contribution in [0.3, 0.4) is 0 Å². The van der Waals surface area contributed by atoms with E-state index in [1.807, 2.05) is 0 Å². The number of anilines is 1. The van der Waals surface area contributed by atoms with Gasteiger partial charge in [-0.25, -0.2) is 13.2 Å². The van der Waals surface area contributed by atoms with Gasteiger partial charge in [-0.15, -0.1) is 0 Å². The number of hydrogen-bond acceptors (Lipinski definition) is 3. The van der Waals surface area contributed by atoms with Crippen LogP contribution in [0.25, 0.3) is 0 Å². The number of carbonyl (C=O) groups is 1. The summed E-state index contributed by atoms with van der Waals surface area (Å²) in [6, 6.07) is 4.19. The number of aromatic carboxylic acids is 1. The Morgan fingerprint density at radius 3 is 2.59 bits per heavy atom. The minimum Gasteiger partial charge on any atom is -0.478 e. The monoisotopic (exact) mass is 321 g/mol. The van der Waals surface area contributed by atoms with Gasteiger partial charge in [0.2, 0.25) is 10.0 Å². The first-order valence-electron chi connectivity index (χ1n) is 4.88. The van der Waals surface area contributed by atoms with Crippen molar-refractivity contribution in [3.63, 3.8) is 0 Å². The third kappa shape index (κ3) is 4.35. The molecule has 0 aliphatic carbocycles. The first-order chi connectivity index (χ1) is 7.84.